The van der Waals surface area contributed by atoms with Crippen LogP contribution in [0.5, 0.6) is 11.5 Å². The van der Waals surface area contributed by atoms with E-state index in [1.165, 1.54) is 5.56 Å². The molecule has 2 rings (SSSR count). The highest BCUT2D eigenvalue weighted by molar-refractivity contribution is 5.44. The first kappa shape index (κ1) is 13.2. The lowest BCUT2D eigenvalue weighted by Crippen LogP contribution is -2.18. The van der Waals surface area contributed by atoms with Crippen molar-refractivity contribution in [1.29, 1.82) is 0 Å². The van der Waals surface area contributed by atoms with E-state index in [9.17, 15) is 0 Å². The molecule has 4 heteroatoms. The zero-order valence-electron chi connectivity index (χ0n) is 11.0. The first-order valence-electron chi connectivity index (χ1n) is 6.45. The molecule has 1 aliphatic rings. The fourth-order valence-electron chi connectivity index (χ4n) is 1.97. The molecular weight excluding hydrogens is 232 g/mol. The Labute approximate surface area is 108 Å². The highest BCUT2D eigenvalue weighted by Gasteiger charge is 2.14. The third-order valence-electron chi connectivity index (χ3n) is 2.81. The lowest BCUT2D eigenvalue weighted by atomic mass is 10.1. The molecule has 0 amide bonds. The Morgan fingerprint density at radius 2 is 1.83 bits per heavy atom. The molecule has 1 heterocycles. The minimum absolute atomic E-state index is 0.120. The molecule has 0 atom stereocenters. The maximum absolute atomic E-state index is 5.52. The number of ether oxygens (including phenoxy) is 4. The van der Waals surface area contributed by atoms with Crippen molar-refractivity contribution < 1.29 is 18.9 Å². The highest BCUT2D eigenvalue weighted by Crippen LogP contribution is 2.32. The summed E-state index contributed by atoms with van der Waals surface area (Å²) >= 11 is 0. The van der Waals surface area contributed by atoms with Gasteiger partial charge in [0.1, 0.15) is 0 Å². The van der Waals surface area contributed by atoms with Gasteiger partial charge in [-0.2, -0.15) is 0 Å². The Morgan fingerprint density at radius 1 is 1.11 bits per heavy atom. The second kappa shape index (κ2) is 6.61. The van der Waals surface area contributed by atoms with Crippen LogP contribution in [0.4, 0.5) is 0 Å². The van der Waals surface area contributed by atoms with Gasteiger partial charge in [0.05, 0.1) is 0 Å². The Morgan fingerprint density at radius 3 is 2.56 bits per heavy atom. The van der Waals surface area contributed by atoms with E-state index in [0.29, 0.717) is 20.0 Å². The third kappa shape index (κ3) is 3.37. The summed E-state index contributed by atoms with van der Waals surface area (Å²) < 4.78 is 21.7. The Hall–Kier alpha value is -1.26. The molecule has 1 aromatic carbocycles. The smallest absolute Gasteiger partial charge is 0.231 e. The molecule has 0 bridgehead atoms. The molecule has 0 radical (unpaired) electrons. The van der Waals surface area contributed by atoms with Gasteiger partial charge in [0.15, 0.2) is 17.8 Å². The van der Waals surface area contributed by atoms with Crippen molar-refractivity contribution in [2.24, 2.45) is 0 Å². The van der Waals surface area contributed by atoms with Crippen LogP contribution < -0.4 is 9.47 Å². The number of hydrogen-bond donors (Lipinski definition) is 0. The largest absolute Gasteiger partial charge is 0.454 e. The molecule has 0 fully saturated rings. The van der Waals surface area contributed by atoms with E-state index in [1.807, 2.05) is 26.0 Å². The summed E-state index contributed by atoms with van der Waals surface area (Å²) in [6.45, 7) is 5.62. The van der Waals surface area contributed by atoms with E-state index in [4.69, 9.17) is 18.9 Å². The van der Waals surface area contributed by atoms with E-state index in [1.54, 1.807) is 0 Å². The van der Waals surface area contributed by atoms with Gasteiger partial charge in [0.2, 0.25) is 6.79 Å². The van der Waals surface area contributed by atoms with Crippen LogP contribution in [-0.4, -0.2) is 26.3 Å². The summed E-state index contributed by atoms with van der Waals surface area (Å²) in [4.78, 5) is 0. The van der Waals surface area contributed by atoms with Gasteiger partial charge in [-0.15, -0.1) is 0 Å². The van der Waals surface area contributed by atoms with E-state index < -0.39 is 0 Å². The van der Waals surface area contributed by atoms with Crippen LogP contribution in [0, 0.1) is 0 Å². The van der Waals surface area contributed by atoms with Crippen molar-refractivity contribution in [1.82, 2.24) is 0 Å². The van der Waals surface area contributed by atoms with Crippen molar-refractivity contribution in [3.8, 4) is 11.5 Å². The summed E-state index contributed by atoms with van der Waals surface area (Å²) in [5.41, 5.74) is 1.21. The Kier molecular flexibility index (Phi) is 4.84. The van der Waals surface area contributed by atoms with Crippen molar-refractivity contribution in [3.05, 3.63) is 23.8 Å². The molecule has 0 saturated carbocycles. The van der Waals surface area contributed by atoms with Gasteiger partial charge in [0, 0.05) is 19.6 Å². The predicted molar refractivity (Wildman–Crippen MR) is 67.9 cm³/mol. The lowest BCUT2D eigenvalue weighted by Gasteiger charge is -2.16. The number of hydrogen-bond acceptors (Lipinski definition) is 4. The SMILES string of the molecule is CCOC(CCc1ccc2c(c1)OCO2)OCC. The van der Waals surface area contributed by atoms with Crippen LogP contribution in [0.15, 0.2) is 18.2 Å². The second-order valence-electron chi connectivity index (χ2n) is 4.07. The minimum atomic E-state index is -0.120. The molecule has 0 spiro atoms. The van der Waals surface area contributed by atoms with E-state index in [0.717, 1.165) is 24.3 Å². The first-order chi connectivity index (χ1) is 8.83. The highest BCUT2D eigenvalue weighted by atomic mass is 16.7. The summed E-state index contributed by atoms with van der Waals surface area (Å²) in [6, 6.07) is 6.04. The van der Waals surface area contributed by atoms with Gasteiger partial charge in [-0.25, -0.2) is 0 Å². The van der Waals surface area contributed by atoms with Crippen LogP contribution in [0.2, 0.25) is 0 Å². The second-order valence-corrected chi connectivity index (χ2v) is 4.07. The Balaban J connectivity index is 1.88. The lowest BCUT2D eigenvalue weighted by molar-refractivity contribution is -0.139. The third-order valence-corrected chi connectivity index (χ3v) is 2.81. The maximum atomic E-state index is 5.52. The first-order valence-corrected chi connectivity index (χ1v) is 6.45. The summed E-state index contributed by atoms with van der Waals surface area (Å²) in [5.74, 6) is 1.65. The van der Waals surface area contributed by atoms with Gasteiger partial charge in [-0.3, -0.25) is 0 Å². The standard InChI is InChI=1S/C14H20O4/c1-3-15-14(16-4-2)8-6-11-5-7-12-13(9-11)18-10-17-12/h5,7,9,14H,3-4,6,8,10H2,1-2H3. The number of benzene rings is 1. The quantitative estimate of drug-likeness (QED) is 0.699. The maximum Gasteiger partial charge on any atom is 0.231 e. The van der Waals surface area contributed by atoms with Crippen molar-refractivity contribution in [3.63, 3.8) is 0 Å². The molecule has 4 nitrogen and oxygen atoms in total. The normalized spacial score (nSPS) is 13.3. The summed E-state index contributed by atoms with van der Waals surface area (Å²) in [5, 5.41) is 0. The van der Waals surface area contributed by atoms with Crippen LogP contribution in [0.3, 0.4) is 0 Å². The average molecular weight is 252 g/mol. The van der Waals surface area contributed by atoms with Gasteiger partial charge in [0.25, 0.3) is 0 Å². The van der Waals surface area contributed by atoms with E-state index in [-0.39, 0.29) is 6.29 Å². The molecule has 0 N–H and O–H groups in total. The molecule has 0 aliphatic carbocycles. The fraction of sp³-hybridized carbons (Fsp3) is 0.571. The monoisotopic (exact) mass is 252 g/mol. The predicted octanol–water partition coefficient (Wildman–Crippen LogP) is 2.75. The number of aryl methyl sites for hydroxylation is 1. The molecule has 18 heavy (non-hydrogen) atoms. The zero-order valence-corrected chi connectivity index (χ0v) is 11.0. The van der Waals surface area contributed by atoms with Crippen molar-refractivity contribution in [2.45, 2.75) is 33.0 Å². The van der Waals surface area contributed by atoms with Crippen molar-refractivity contribution in [2.75, 3.05) is 20.0 Å². The molecule has 0 unspecified atom stereocenters. The van der Waals surface area contributed by atoms with Gasteiger partial charge in [-0.05, 0) is 38.0 Å². The Bertz CT molecular complexity index is 372. The van der Waals surface area contributed by atoms with Crippen LogP contribution in [-0.2, 0) is 15.9 Å². The molecule has 0 aromatic heterocycles. The van der Waals surface area contributed by atoms with E-state index in [2.05, 4.69) is 6.07 Å². The fourth-order valence-corrected chi connectivity index (χ4v) is 1.97. The summed E-state index contributed by atoms with van der Waals surface area (Å²) in [6.07, 6.45) is 1.63. The van der Waals surface area contributed by atoms with Gasteiger partial charge >= 0.3 is 0 Å². The number of rotatable bonds is 7. The minimum Gasteiger partial charge on any atom is -0.454 e. The number of fused-ring (bicyclic) bond motifs is 1. The van der Waals surface area contributed by atoms with Gasteiger partial charge < -0.3 is 18.9 Å². The van der Waals surface area contributed by atoms with E-state index >= 15 is 0 Å². The molecule has 0 saturated heterocycles. The average Bonchev–Trinajstić information content (AvgIpc) is 2.84. The molecule has 1 aliphatic heterocycles. The van der Waals surface area contributed by atoms with Crippen LogP contribution in [0.1, 0.15) is 25.8 Å². The summed E-state index contributed by atoms with van der Waals surface area (Å²) in [7, 11) is 0. The van der Waals surface area contributed by atoms with Crippen LogP contribution >= 0.6 is 0 Å². The van der Waals surface area contributed by atoms with Crippen molar-refractivity contribution >= 4 is 0 Å². The van der Waals surface area contributed by atoms with Crippen LogP contribution in [0.25, 0.3) is 0 Å². The molecule has 1 aromatic rings. The molecular formula is C14H20O4. The topological polar surface area (TPSA) is 36.9 Å². The van der Waals surface area contributed by atoms with Gasteiger partial charge in [-0.1, -0.05) is 6.07 Å². The zero-order chi connectivity index (χ0) is 12.8. The molecule has 100 valence electrons.